The number of carbonyl (C=O) groups excluding carboxylic acids is 1. The highest BCUT2D eigenvalue weighted by molar-refractivity contribution is 5.75. The summed E-state index contributed by atoms with van der Waals surface area (Å²) in [5.41, 5.74) is 0.847. The molecule has 1 aromatic carbocycles. The Balaban J connectivity index is 1.52. The van der Waals surface area contributed by atoms with Gasteiger partial charge in [0.1, 0.15) is 5.75 Å². The van der Waals surface area contributed by atoms with E-state index in [1.807, 2.05) is 23.1 Å². The SMILES string of the molecule is O=C(N[C@@H]1CC=CCC1)N1CCN(c2ccccc2O)CC1. The second-order valence-electron chi connectivity index (χ2n) is 5.89. The molecule has 0 spiro atoms. The fourth-order valence-electron chi connectivity index (χ4n) is 3.07. The van der Waals surface area contributed by atoms with E-state index in [0.29, 0.717) is 18.8 Å². The number of rotatable bonds is 2. The van der Waals surface area contributed by atoms with E-state index in [1.54, 1.807) is 6.07 Å². The van der Waals surface area contributed by atoms with E-state index in [2.05, 4.69) is 22.4 Å². The number of hydrogen-bond donors (Lipinski definition) is 2. The number of hydrogen-bond acceptors (Lipinski definition) is 3. The molecule has 0 aromatic heterocycles. The summed E-state index contributed by atoms with van der Waals surface area (Å²) < 4.78 is 0. The van der Waals surface area contributed by atoms with Crippen molar-refractivity contribution in [2.24, 2.45) is 0 Å². The van der Waals surface area contributed by atoms with E-state index in [4.69, 9.17) is 0 Å². The van der Waals surface area contributed by atoms with Crippen LogP contribution in [-0.2, 0) is 0 Å². The number of anilines is 1. The van der Waals surface area contributed by atoms with Gasteiger partial charge in [-0.1, -0.05) is 24.3 Å². The summed E-state index contributed by atoms with van der Waals surface area (Å²) in [6.07, 6.45) is 7.33. The quantitative estimate of drug-likeness (QED) is 0.824. The van der Waals surface area contributed by atoms with Crippen LogP contribution in [0.5, 0.6) is 5.75 Å². The molecule has 2 aliphatic rings. The molecule has 1 aliphatic heterocycles. The normalized spacial score (nSPS) is 21.7. The zero-order chi connectivity index (χ0) is 15.4. The summed E-state index contributed by atoms with van der Waals surface area (Å²) in [6.45, 7) is 2.86. The first-order valence-electron chi connectivity index (χ1n) is 7.97. The maximum atomic E-state index is 12.3. The predicted molar refractivity (Wildman–Crippen MR) is 87.2 cm³/mol. The van der Waals surface area contributed by atoms with E-state index in [-0.39, 0.29) is 12.1 Å². The molecule has 5 heteroatoms. The minimum Gasteiger partial charge on any atom is -0.506 e. The molecule has 1 aromatic rings. The fourth-order valence-corrected chi connectivity index (χ4v) is 3.07. The van der Waals surface area contributed by atoms with Crippen LogP contribution in [0.25, 0.3) is 0 Å². The molecular formula is C17H23N3O2. The first-order chi connectivity index (χ1) is 10.7. The van der Waals surface area contributed by atoms with Crippen LogP contribution in [0.1, 0.15) is 19.3 Å². The molecule has 0 unspecified atom stereocenters. The summed E-state index contributed by atoms with van der Waals surface area (Å²) in [6, 6.07) is 7.67. The molecule has 118 valence electrons. The van der Waals surface area contributed by atoms with Gasteiger partial charge in [-0.3, -0.25) is 0 Å². The van der Waals surface area contributed by atoms with Gasteiger partial charge >= 0.3 is 6.03 Å². The third-order valence-electron chi connectivity index (χ3n) is 4.39. The van der Waals surface area contributed by atoms with Gasteiger partial charge in [-0.15, -0.1) is 0 Å². The molecular weight excluding hydrogens is 278 g/mol. The number of benzene rings is 1. The summed E-state index contributed by atoms with van der Waals surface area (Å²) in [4.78, 5) is 16.3. The Morgan fingerprint density at radius 2 is 1.91 bits per heavy atom. The van der Waals surface area contributed by atoms with E-state index >= 15 is 0 Å². The van der Waals surface area contributed by atoms with Crippen molar-refractivity contribution in [3.8, 4) is 5.75 Å². The number of aromatic hydroxyl groups is 1. The topological polar surface area (TPSA) is 55.8 Å². The third-order valence-corrected chi connectivity index (χ3v) is 4.39. The molecule has 2 amide bonds. The van der Waals surface area contributed by atoms with Gasteiger partial charge in [-0.05, 0) is 31.4 Å². The Morgan fingerprint density at radius 3 is 2.59 bits per heavy atom. The van der Waals surface area contributed by atoms with E-state index < -0.39 is 0 Å². The zero-order valence-electron chi connectivity index (χ0n) is 12.7. The van der Waals surface area contributed by atoms with Crippen molar-refractivity contribution in [2.45, 2.75) is 25.3 Å². The number of nitrogens with zero attached hydrogens (tertiary/aromatic N) is 2. The molecule has 1 aliphatic carbocycles. The number of piperazine rings is 1. The molecule has 0 saturated carbocycles. The average Bonchev–Trinajstić information content (AvgIpc) is 2.56. The highest BCUT2D eigenvalue weighted by Gasteiger charge is 2.24. The van der Waals surface area contributed by atoms with Gasteiger partial charge in [0.2, 0.25) is 0 Å². The van der Waals surface area contributed by atoms with Crippen molar-refractivity contribution in [1.29, 1.82) is 0 Å². The molecule has 22 heavy (non-hydrogen) atoms. The van der Waals surface area contributed by atoms with Gasteiger partial charge in [0, 0.05) is 32.2 Å². The van der Waals surface area contributed by atoms with Crippen molar-refractivity contribution >= 4 is 11.7 Å². The highest BCUT2D eigenvalue weighted by atomic mass is 16.3. The maximum Gasteiger partial charge on any atom is 0.317 e. The van der Waals surface area contributed by atoms with E-state index in [9.17, 15) is 9.90 Å². The molecule has 2 N–H and O–H groups in total. The minimum absolute atomic E-state index is 0.0391. The van der Waals surface area contributed by atoms with Gasteiger partial charge in [0.15, 0.2) is 0 Å². The van der Waals surface area contributed by atoms with Crippen molar-refractivity contribution in [1.82, 2.24) is 10.2 Å². The van der Waals surface area contributed by atoms with Crippen LogP contribution in [0.3, 0.4) is 0 Å². The zero-order valence-corrected chi connectivity index (χ0v) is 12.7. The van der Waals surface area contributed by atoms with E-state index in [1.165, 1.54) is 0 Å². The van der Waals surface area contributed by atoms with Crippen LogP contribution in [0, 0.1) is 0 Å². The molecule has 1 fully saturated rings. The van der Waals surface area contributed by atoms with Crippen LogP contribution in [0.15, 0.2) is 36.4 Å². The second kappa shape index (κ2) is 6.73. The van der Waals surface area contributed by atoms with E-state index in [0.717, 1.165) is 38.0 Å². The Bertz CT molecular complexity index is 551. The van der Waals surface area contributed by atoms with Crippen molar-refractivity contribution in [3.63, 3.8) is 0 Å². The predicted octanol–water partition coefficient (Wildman–Crippen LogP) is 2.33. The number of phenols is 1. The highest BCUT2D eigenvalue weighted by Crippen LogP contribution is 2.27. The van der Waals surface area contributed by atoms with Gasteiger partial charge in [-0.25, -0.2) is 4.79 Å². The summed E-state index contributed by atoms with van der Waals surface area (Å²) in [7, 11) is 0. The Morgan fingerprint density at radius 1 is 1.14 bits per heavy atom. The first kappa shape index (κ1) is 14.8. The number of para-hydroxylation sites is 2. The van der Waals surface area contributed by atoms with Crippen LogP contribution in [0.2, 0.25) is 0 Å². The molecule has 1 saturated heterocycles. The minimum atomic E-state index is 0.0391. The number of urea groups is 1. The third kappa shape index (κ3) is 3.35. The largest absolute Gasteiger partial charge is 0.506 e. The first-order valence-corrected chi connectivity index (χ1v) is 7.97. The molecule has 3 rings (SSSR count). The van der Waals surface area contributed by atoms with Crippen LogP contribution in [0.4, 0.5) is 10.5 Å². The van der Waals surface area contributed by atoms with Gasteiger partial charge < -0.3 is 20.2 Å². The number of carbonyl (C=O) groups is 1. The van der Waals surface area contributed by atoms with Gasteiger partial charge in [0.05, 0.1) is 5.69 Å². The fraction of sp³-hybridized carbons (Fsp3) is 0.471. The Hall–Kier alpha value is -2.17. The van der Waals surface area contributed by atoms with Crippen molar-refractivity contribution in [3.05, 3.63) is 36.4 Å². The average molecular weight is 301 g/mol. The maximum absolute atomic E-state index is 12.3. The molecule has 0 radical (unpaired) electrons. The summed E-state index contributed by atoms with van der Waals surface area (Å²) in [5, 5.41) is 13.0. The van der Waals surface area contributed by atoms with Crippen molar-refractivity contribution in [2.75, 3.05) is 31.1 Å². The lowest BCUT2D eigenvalue weighted by Crippen LogP contribution is -2.53. The number of amides is 2. The van der Waals surface area contributed by atoms with Gasteiger partial charge in [0.25, 0.3) is 0 Å². The molecule has 0 bridgehead atoms. The standard InChI is InChI=1S/C17H23N3O2/c21-16-9-5-4-8-15(16)19-10-12-20(13-11-19)17(22)18-14-6-2-1-3-7-14/h1-2,4-5,8-9,14,21H,3,6-7,10-13H2,(H,18,22)/t14-/m1/s1. The molecule has 5 nitrogen and oxygen atoms in total. The van der Waals surface area contributed by atoms with Crippen molar-refractivity contribution < 1.29 is 9.90 Å². The molecule has 1 atom stereocenters. The summed E-state index contributed by atoms with van der Waals surface area (Å²) in [5.74, 6) is 0.300. The lowest BCUT2D eigenvalue weighted by molar-refractivity contribution is 0.189. The Labute approximate surface area is 131 Å². The monoisotopic (exact) mass is 301 g/mol. The van der Waals surface area contributed by atoms with Crippen LogP contribution < -0.4 is 10.2 Å². The molecule has 1 heterocycles. The van der Waals surface area contributed by atoms with Gasteiger partial charge in [-0.2, -0.15) is 0 Å². The number of nitrogens with one attached hydrogen (secondary N) is 1. The number of phenolic OH excluding ortho intramolecular Hbond substituents is 1. The lowest BCUT2D eigenvalue weighted by Gasteiger charge is -2.37. The lowest BCUT2D eigenvalue weighted by atomic mass is 10.0. The second-order valence-corrected chi connectivity index (χ2v) is 5.89. The van der Waals surface area contributed by atoms with Crippen LogP contribution >= 0.6 is 0 Å². The van der Waals surface area contributed by atoms with Crippen LogP contribution in [-0.4, -0.2) is 48.3 Å². The summed E-state index contributed by atoms with van der Waals surface area (Å²) >= 11 is 0. The number of allylic oxidation sites excluding steroid dienone is 1. The smallest absolute Gasteiger partial charge is 0.317 e. The Kier molecular flexibility index (Phi) is 4.51.